The van der Waals surface area contributed by atoms with Crippen LogP contribution >= 0.6 is 11.6 Å². The first kappa shape index (κ1) is 17.8. The van der Waals surface area contributed by atoms with Gasteiger partial charge in [-0.15, -0.1) is 0 Å². The van der Waals surface area contributed by atoms with Gasteiger partial charge in [-0.25, -0.2) is 0 Å². The largest absolute Gasteiger partial charge is 0.495 e. The number of ether oxygens (including phenoxy) is 1. The molecule has 0 bridgehead atoms. The van der Waals surface area contributed by atoms with E-state index in [2.05, 4.69) is 10.6 Å². The quantitative estimate of drug-likeness (QED) is 0.870. The molecule has 0 atom stereocenters. The van der Waals surface area contributed by atoms with Gasteiger partial charge >= 0.3 is 0 Å². The lowest BCUT2D eigenvalue weighted by Crippen LogP contribution is -2.23. The summed E-state index contributed by atoms with van der Waals surface area (Å²) in [5, 5.41) is 6.00. The van der Waals surface area contributed by atoms with Crippen molar-refractivity contribution in [1.82, 2.24) is 5.32 Å². The van der Waals surface area contributed by atoms with Crippen molar-refractivity contribution in [1.29, 1.82) is 0 Å². The zero-order valence-electron chi connectivity index (χ0n) is 13.8. The molecule has 2 aromatic carbocycles. The minimum Gasteiger partial charge on any atom is -0.495 e. The normalized spacial score (nSPS) is 10.2. The van der Waals surface area contributed by atoms with Crippen LogP contribution < -0.4 is 15.4 Å². The number of carbonyl (C=O) groups excluding carboxylic acids is 2. The lowest BCUT2D eigenvalue weighted by Gasteiger charge is -2.12. The zero-order chi connectivity index (χ0) is 17.7. The SMILES string of the molecule is COc1cc(C)c(CNC(=O)c2cccc(NC(C)=O)c2)cc1Cl. The van der Waals surface area contributed by atoms with E-state index >= 15 is 0 Å². The minimum atomic E-state index is -0.228. The molecule has 0 heterocycles. The van der Waals surface area contributed by atoms with Gasteiger partial charge in [-0.2, -0.15) is 0 Å². The Kier molecular flexibility index (Phi) is 5.82. The Labute approximate surface area is 146 Å². The molecule has 6 heteroatoms. The first-order valence-corrected chi connectivity index (χ1v) is 7.77. The second-order valence-corrected chi connectivity index (χ2v) is 5.77. The van der Waals surface area contributed by atoms with Crippen LogP contribution in [0.1, 0.15) is 28.4 Å². The Bertz CT molecular complexity index is 775. The summed E-state index contributed by atoms with van der Waals surface area (Å²) in [5.41, 5.74) is 2.94. The van der Waals surface area contributed by atoms with Crippen molar-refractivity contribution >= 4 is 29.1 Å². The third-order valence-electron chi connectivity index (χ3n) is 3.49. The second kappa shape index (κ2) is 7.84. The summed E-state index contributed by atoms with van der Waals surface area (Å²) in [6.45, 7) is 3.69. The fourth-order valence-corrected chi connectivity index (χ4v) is 2.53. The van der Waals surface area contributed by atoms with Gasteiger partial charge in [0.1, 0.15) is 5.75 Å². The predicted molar refractivity (Wildman–Crippen MR) is 94.7 cm³/mol. The van der Waals surface area contributed by atoms with Crippen LogP contribution in [0.25, 0.3) is 0 Å². The Hall–Kier alpha value is -2.53. The van der Waals surface area contributed by atoms with Crippen molar-refractivity contribution < 1.29 is 14.3 Å². The Balaban J connectivity index is 2.08. The van der Waals surface area contributed by atoms with Crippen LogP contribution in [0.4, 0.5) is 5.69 Å². The highest BCUT2D eigenvalue weighted by molar-refractivity contribution is 6.32. The second-order valence-electron chi connectivity index (χ2n) is 5.36. The number of hydrogen-bond donors (Lipinski definition) is 2. The number of halogens is 1. The van der Waals surface area contributed by atoms with Gasteiger partial charge in [0.2, 0.25) is 5.91 Å². The van der Waals surface area contributed by atoms with Crippen LogP contribution in [0, 0.1) is 6.92 Å². The maximum atomic E-state index is 12.3. The van der Waals surface area contributed by atoms with Crippen molar-refractivity contribution in [2.45, 2.75) is 20.4 Å². The van der Waals surface area contributed by atoms with E-state index in [1.807, 2.05) is 13.0 Å². The lowest BCUT2D eigenvalue weighted by atomic mass is 10.1. The average Bonchev–Trinajstić information content (AvgIpc) is 2.54. The number of hydrogen-bond acceptors (Lipinski definition) is 3. The Morgan fingerprint density at radius 1 is 1.21 bits per heavy atom. The van der Waals surface area contributed by atoms with Gasteiger partial charge in [-0.3, -0.25) is 9.59 Å². The molecule has 2 aromatic rings. The van der Waals surface area contributed by atoms with E-state index in [1.165, 1.54) is 6.92 Å². The third-order valence-corrected chi connectivity index (χ3v) is 3.79. The van der Waals surface area contributed by atoms with E-state index < -0.39 is 0 Å². The van der Waals surface area contributed by atoms with E-state index in [4.69, 9.17) is 16.3 Å². The minimum absolute atomic E-state index is 0.184. The molecule has 0 radical (unpaired) electrons. The van der Waals surface area contributed by atoms with Gasteiger partial charge in [0.25, 0.3) is 5.91 Å². The molecule has 2 amide bonds. The number of carbonyl (C=O) groups is 2. The Morgan fingerprint density at radius 3 is 2.62 bits per heavy atom. The van der Waals surface area contributed by atoms with E-state index in [0.29, 0.717) is 28.6 Å². The fourth-order valence-electron chi connectivity index (χ4n) is 2.26. The van der Waals surface area contributed by atoms with Crippen molar-refractivity contribution in [2.75, 3.05) is 12.4 Å². The topological polar surface area (TPSA) is 67.4 Å². The van der Waals surface area contributed by atoms with Gasteiger partial charge < -0.3 is 15.4 Å². The van der Waals surface area contributed by atoms with Crippen LogP contribution in [0.5, 0.6) is 5.75 Å². The number of benzene rings is 2. The number of methoxy groups -OCH3 is 1. The van der Waals surface area contributed by atoms with Crippen LogP contribution in [0.2, 0.25) is 5.02 Å². The summed E-state index contributed by atoms with van der Waals surface area (Å²) in [4.78, 5) is 23.4. The number of amides is 2. The van der Waals surface area contributed by atoms with Crippen molar-refractivity contribution in [3.05, 3.63) is 58.1 Å². The number of nitrogens with one attached hydrogen (secondary N) is 2. The summed E-state index contributed by atoms with van der Waals surface area (Å²) in [5.74, 6) is 0.192. The molecule has 0 aliphatic rings. The van der Waals surface area contributed by atoms with Gasteiger partial charge in [-0.1, -0.05) is 17.7 Å². The van der Waals surface area contributed by atoms with Crippen LogP contribution in [0.15, 0.2) is 36.4 Å². The van der Waals surface area contributed by atoms with Crippen LogP contribution in [0.3, 0.4) is 0 Å². The molecule has 5 nitrogen and oxygen atoms in total. The third kappa shape index (κ3) is 4.49. The molecule has 0 saturated heterocycles. The number of aryl methyl sites for hydroxylation is 1. The summed E-state index contributed by atoms with van der Waals surface area (Å²) in [7, 11) is 1.56. The molecular formula is C18H19ClN2O3. The molecule has 0 aliphatic heterocycles. The Morgan fingerprint density at radius 2 is 1.96 bits per heavy atom. The fraction of sp³-hybridized carbons (Fsp3) is 0.222. The monoisotopic (exact) mass is 346 g/mol. The number of rotatable bonds is 5. The zero-order valence-corrected chi connectivity index (χ0v) is 14.5. The standard InChI is InChI=1S/C18H19ClN2O3/c1-11-7-17(24-3)16(19)9-14(11)10-20-18(23)13-5-4-6-15(8-13)21-12(2)22/h4-9H,10H2,1-3H3,(H,20,23)(H,21,22). The van der Waals surface area contributed by atoms with Crippen molar-refractivity contribution in [3.8, 4) is 5.75 Å². The van der Waals surface area contributed by atoms with Gasteiger partial charge in [0.05, 0.1) is 12.1 Å². The summed E-state index contributed by atoms with van der Waals surface area (Å²) in [6, 6.07) is 10.4. The van der Waals surface area contributed by atoms with Gasteiger partial charge in [-0.05, 0) is 48.4 Å². The molecule has 0 aliphatic carbocycles. The van der Waals surface area contributed by atoms with Crippen LogP contribution in [-0.2, 0) is 11.3 Å². The molecule has 24 heavy (non-hydrogen) atoms. The molecule has 0 fully saturated rings. The highest BCUT2D eigenvalue weighted by Crippen LogP contribution is 2.27. The predicted octanol–water partition coefficient (Wildman–Crippen LogP) is 3.55. The molecule has 0 unspecified atom stereocenters. The summed E-state index contributed by atoms with van der Waals surface area (Å²) < 4.78 is 5.17. The maximum Gasteiger partial charge on any atom is 0.251 e. The highest BCUT2D eigenvalue weighted by atomic mass is 35.5. The van der Waals surface area contributed by atoms with Crippen molar-refractivity contribution in [2.24, 2.45) is 0 Å². The molecule has 2 rings (SSSR count). The van der Waals surface area contributed by atoms with E-state index in [-0.39, 0.29) is 11.8 Å². The number of anilines is 1. The molecule has 0 saturated carbocycles. The summed E-state index contributed by atoms with van der Waals surface area (Å²) in [6.07, 6.45) is 0. The van der Waals surface area contributed by atoms with Gasteiger partial charge in [0, 0.05) is 24.7 Å². The molecule has 0 aromatic heterocycles. The van der Waals surface area contributed by atoms with E-state index in [0.717, 1.165) is 11.1 Å². The first-order chi connectivity index (χ1) is 11.4. The van der Waals surface area contributed by atoms with Crippen molar-refractivity contribution in [3.63, 3.8) is 0 Å². The highest BCUT2D eigenvalue weighted by Gasteiger charge is 2.10. The first-order valence-electron chi connectivity index (χ1n) is 7.39. The molecule has 0 spiro atoms. The molecule has 2 N–H and O–H groups in total. The van der Waals surface area contributed by atoms with Crippen LogP contribution in [-0.4, -0.2) is 18.9 Å². The summed E-state index contributed by atoms with van der Waals surface area (Å²) >= 11 is 6.13. The van der Waals surface area contributed by atoms with E-state index in [9.17, 15) is 9.59 Å². The van der Waals surface area contributed by atoms with Gasteiger partial charge in [0.15, 0.2) is 0 Å². The average molecular weight is 347 g/mol. The smallest absolute Gasteiger partial charge is 0.251 e. The van der Waals surface area contributed by atoms with E-state index in [1.54, 1.807) is 37.4 Å². The molecular weight excluding hydrogens is 328 g/mol. The molecule has 126 valence electrons. The lowest BCUT2D eigenvalue weighted by molar-refractivity contribution is -0.114. The maximum absolute atomic E-state index is 12.3.